The van der Waals surface area contributed by atoms with E-state index in [-0.39, 0.29) is 31.9 Å². The number of furan rings is 1. The van der Waals surface area contributed by atoms with Crippen LogP contribution < -0.4 is 4.40 Å². The number of rotatable bonds is 9. The van der Waals surface area contributed by atoms with E-state index in [9.17, 15) is 0 Å². The Bertz CT molecular complexity index is 3310. The standard InChI is InChI=1S/C43H35N2O.C19H26GeN.Ir/c1-27(2)36-24-32(30-16-9-6-10-17-30)25-37(28(3)4)41(36)45-39-21-12-11-20-38(39)44-43(45)35-19-13-18-34-33-23-22-31(26-40(33)46-42(34)35)29-14-7-5-8-15-29;1-19(2,3)13-16-12-18(15-10-8-7-9-11-15)21-14-17(16)20(4,5)6;/h5-18,20-28H,1-4H3;7-10,12,14H,13H2,1-6H3;/q2*-1;. The second kappa shape index (κ2) is 20.0. The summed E-state index contributed by atoms with van der Waals surface area (Å²) >= 11 is -1.90. The number of imidazole rings is 1. The molecule has 1 radical (unpaired) electrons. The molecule has 0 amide bonds. The summed E-state index contributed by atoms with van der Waals surface area (Å²) in [4.78, 5) is 10.0. The Morgan fingerprint density at radius 2 is 1.26 bits per heavy atom. The third-order valence-corrected chi connectivity index (χ3v) is 16.9. The van der Waals surface area contributed by atoms with E-state index in [2.05, 4.69) is 216 Å². The second-order valence-corrected chi connectivity index (χ2v) is 31.3. The molecular formula is C62H61GeIrN3O-2. The monoisotopic (exact) mass is 1130 g/mol. The van der Waals surface area contributed by atoms with Gasteiger partial charge in [-0.15, -0.1) is 18.2 Å². The van der Waals surface area contributed by atoms with E-state index in [0.717, 1.165) is 67.6 Å². The van der Waals surface area contributed by atoms with Gasteiger partial charge in [0.1, 0.15) is 5.58 Å². The Morgan fingerprint density at radius 3 is 1.88 bits per heavy atom. The molecule has 6 heteroatoms. The van der Waals surface area contributed by atoms with Crippen molar-refractivity contribution in [2.45, 2.75) is 84.0 Å². The first-order valence-corrected chi connectivity index (χ1v) is 31.1. The predicted octanol–water partition coefficient (Wildman–Crippen LogP) is 16.7. The summed E-state index contributed by atoms with van der Waals surface area (Å²) in [6, 6.07) is 62.2. The molecule has 3 heterocycles. The summed E-state index contributed by atoms with van der Waals surface area (Å²) in [7, 11) is 0. The van der Waals surface area contributed by atoms with Gasteiger partial charge >= 0.3 is 132 Å². The Labute approximate surface area is 419 Å². The molecule has 0 spiro atoms. The quantitative estimate of drug-likeness (QED) is 0.107. The predicted molar refractivity (Wildman–Crippen MR) is 286 cm³/mol. The molecule has 4 nitrogen and oxygen atoms in total. The fourth-order valence-corrected chi connectivity index (χ4v) is 12.6. The first kappa shape index (κ1) is 48.6. The van der Waals surface area contributed by atoms with E-state index >= 15 is 0 Å². The van der Waals surface area contributed by atoms with E-state index in [1.54, 1.807) is 0 Å². The number of hydrogen-bond donors (Lipinski definition) is 0. The number of fused-ring (bicyclic) bond motifs is 4. The fraction of sp³-hybridized carbons (Fsp3) is 0.226. The van der Waals surface area contributed by atoms with Crippen molar-refractivity contribution in [2.75, 3.05) is 0 Å². The molecule has 0 aliphatic heterocycles. The van der Waals surface area contributed by atoms with Crippen LogP contribution in [0.15, 0.2) is 168 Å². The van der Waals surface area contributed by atoms with Crippen molar-refractivity contribution in [2.24, 2.45) is 5.41 Å². The van der Waals surface area contributed by atoms with Crippen LogP contribution in [0.2, 0.25) is 17.3 Å². The van der Waals surface area contributed by atoms with Crippen LogP contribution in [-0.4, -0.2) is 27.8 Å². The molecule has 0 aliphatic rings. The van der Waals surface area contributed by atoms with Gasteiger partial charge in [0.15, 0.2) is 0 Å². The molecule has 0 aliphatic carbocycles. The molecule has 0 fully saturated rings. The number of hydrogen-bond acceptors (Lipinski definition) is 3. The summed E-state index contributed by atoms with van der Waals surface area (Å²) in [6.45, 7) is 16.1. The van der Waals surface area contributed by atoms with E-state index in [0.29, 0.717) is 5.41 Å². The van der Waals surface area contributed by atoms with Gasteiger partial charge in [-0.05, 0) is 75.5 Å². The molecule has 0 atom stereocenters. The van der Waals surface area contributed by atoms with Gasteiger partial charge in [0.25, 0.3) is 0 Å². The second-order valence-electron chi connectivity index (χ2n) is 20.7. The summed E-state index contributed by atoms with van der Waals surface area (Å²) in [5, 5.41) is 2.15. The molecule has 10 aromatic rings. The number of pyridine rings is 1. The zero-order valence-electron chi connectivity index (χ0n) is 41.0. The number of para-hydroxylation sites is 2. The van der Waals surface area contributed by atoms with Crippen molar-refractivity contribution in [3.05, 3.63) is 193 Å². The van der Waals surface area contributed by atoms with Crippen molar-refractivity contribution in [1.82, 2.24) is 14.5 Å². The van der Waals surface area contributed by atoms with Crippen LogP contribution in [0, 0.1) is 17.5 Å². The maximum atomic E-state index is 6.73. The van der Waals surface area contributed by atoms with E-state index in [1.165, 1.54) is 43.5 Å². The molecule has 345 valence electrons. The number of benzene rings is 7. The van der Waals surface area contributed by atoms with Crippen molar-refractivity contribution < 1.29 is 24.5 Å². The van der Waals surface area contributed by atoms with Crippen LogP contribution in [0.3, 0.4) is 0 Å². The third kappa shape index (κ3) is 10.1. The van der Waals surface area contributed by atoms with Crippen molar-refractivity contribution >= 4 is 50.6 Å². The number of nitrogens with zero attached hydrogens (tertiary/aromatic N) is 3. The zero-order chi connectivity index (χ0) is 47.0. The normalized spacial score (nSPS) is 11.9. The van der Waals surface area contributed by atoms with Gasteiger partial charge in [0.2, 0.25) is 0 Å². The number of aromatic nitrogens is 3. The van der Waals surface area contributed by atoms with Crippen LogP contribution in [0.25, 0.3) is 83.6 Å². The molecule has 3 aromatic heterocycles. The topological polar surface area (TPSA) is 43.9 Å². The van der Waals surface area contributed by atoms with Crippen LogP contribution in [-0.2, 0) is 26.5 Å². The largest absolute Gasteiger partial charge is 0.501 e. The SMILES string of the molecule is CC(C)(C)Cc1cc(-c2[c-]cccc2)nc[c]1[Ge]([CH3])([CH3])[CH3].CC(C)c1cc(-c2ccccc2)cc(C(C)C)c1-n1c(-c2[c-]ccc3c2oc2cc(-c4ccccc4)ccc23)nc2ccccc21.[Ir]. The summed E-state index contributed by atoms with van der Waals surface area (Å²) in [6.07, 6.45) is 3.24. The summed E-state index contributed by atoms with van der Waals surface area (Å²) in [5.74, 6) is 8.73. The van der Waals surface area contributed by atoms with Gasteiger partial charge in [0, 0.05) is 31.2 Å². The maximum Gasteiger partial charge on any atom is 0.121 e. The van der Waals surface area contributed by atoms with Crippen molar-refractivity contribution in [3.63, 3.8) is 0 Å². The van der Waals surface area contributed by atoms with Crippen molar-refractivity contribution in [1.29, 1.82) is 0 Å². The van der Waals surface area contributed by atoms with Crippen LogP contribution in [0.1, 0.15) is 77.0 Å². The van der Waals surface area contributed by atoms with Crippen LogP contribution >= 0.6 is 0 Å². The van der Waals surface area contributed by atoms with Crippen LogP contribution in [0.4, 0.5) is 0 Å². The molecule has 0 N–H and O–H groups in total. The molecule has 7 aromatic carbocycles. The molecule has 10 rings (SSSR count). The first-order chi connectivity index (χ1) is 32.1. The van der Waals surface area contributed by atoms with E-state index in [4.69, 9.17) is 14.4 Å². The average molecular weight is 1130 g/mol. The molecule has 0 saturated heterocycles. The van der Waals surface area contributed by atoms with Gasteiger partial charge < -0.3 is 8.98 Å². The minimum Gasteiger partial charge on any atom is -0.501 e. The van der Waals surface area contributed by atoms with Crippen molar-refractivity contribution in [3.8, 4) is 50.6 Å². The Kier molecular flexibility index (Phi) is 14.3. The minimum atomic E-state index is -1.90. The molecule has 0 bridgehead atoms. The molecule has 0 unspecified atom stereocenters. The molecule has 68 heavy (non-hydrogen) atoms. The van der Waals surface area contributed by atoms with Gasteiger partial charge in [-0.2, -0.15) is 0 Å². The first-order valence-electron chi connectivity index (χ1n) is 23.7. The molecule has 0 saturated carbocycles. The fourth-order valence-electron chi connectivity index (χ4n) is 9.34. The Balaban J connectivity index is 0.000000240. The smallest absolute Gasteiger partial charge is 0.121 e. The van der Waals surface area contributed by atoms with Gasteiger partial charge in [-0.25, -0.2) is 0 Å². The van der Waals surface area contributed by atoms with Gasteiger partial charge in [-0.1, -0.05) is 124 Å². The van der Waals surface area contributed by atoms with Gasteiger partial charge in [-0.3, -0.25) is 4.98 Å². The van der Waals surface area contributed by atoms with E-state index in [1.807, 2.05) is 30.3 Å². The minimum absolute atomic E-state index is 0. The summed E-state index contributed by atoms with van der Waals surface area (Å²) in [5.41, 5.74) is 17.0. The third-order valence-electron chi connectivity index (χ3n) is 12.6. The summed E-state index contributed by atoms with van der Waals surface area (Å²) < 4.78 is 10.6. The van der Waals surface area contributed by atoms with Crippen LogP contribution in [0.5, 0.6) is 0 Å². The van der Waals surface area contributed by atoms with Gasteiger partial charge in [0.05, 0.1) is 22.4 Å². The Hall–Kier alpha value is -5.85. The molecular weight excluding hydrogens is 1070 g/mol. The average Bonchev–Trinajstić information content (AvgIpc) is 3.89. The Morgan fingerprint density at radius 1 is 0.632 bits per heavy atom. The maximum absolute atomic E-state index is 6.73. The zero-order valence-corrected chi connectivity index (χ0v) is 45.5. The van der Waals surface area contributed by atoms with E-state index < -0.39 is 13.3 Å².